The van der Waals surface area contributed by atoms with Crippen molar-refractivity contribution in [2.75, 3.05) is 32.6 Å². The molecule has 1 rings (SSSR count). The van der Waals surface area contributed by atoms with Gasteiger partial charge in [0.1, 0.15) is 13.6 Å². The van der Waals surface area contributed by atoms with Gasteiger partial charge < -0.3 is 9.29 Å². The molecule has 98 valence electrons. The molecule has 0 radical (unpaired) electrons. The number of ether oxygens (including phenoxy) is 1. The summed E-state index contributed by atoms with van der Waals surface area (Å²) in [4.78, 5) is 1.23. The van der Waals surface area contributed by atoms with Crippen LogP contribution in [0, 0.1) is 0 Å². The predicted octanol–water partition coefficient (Wildman–Crippen LogP) is -1.63. The van der Waals surface area contributed by atoms with E-state index in [1.54, 1.807) is 0 Å². The molecular formula is C10H19N2O4S+. The Morgan fingerprint density at radius 2 is 2.18 bits per heavy atom. The van der Waals surface area contributed by atoms with Gasteiger partial charge in [-0.05, 0) is 6.42 Å². The molecule has 1 aliphatic rings. The van der Waals surface area contributed by atoms with E-state index >= 15 is 0 Å². The minimum atomic E-state index is -4.10. The van der Waals surface area contributed by atoms with Gasteiger partial charge in [-0.1, -0.05) is 0 Å². The normalized spacial score (nSPS) is 20.3. The second kappa shape index (κ2) is 6.25. The van der Waals surface area contributed by atoms with E-state index in [-0.39, 0.29) is 12.2 Å². The van der Waals surface area contributed by atoms with Crippen LogP contribution in [-0.2, 0) is 14.9 Å². The maximum absolute atomic E-state index is 10.3. The topological polar surface area (TPSA) is 73.9 Å². The molecule has 1 heterocycles. The third kappa shape index (κ3) is 5.40. The molecule has 1 aliphatic heterocycles. The third-order valence-corrected chi connectivity index (χ3v) is 3.48. The van der Waals surface area contributed by atoms with E-state index < -0.39 is 10.1 Å². The fourth-order valence-corrected chi connectivity index (χ4v) is 2.02. The van der Waals surface area contributed by atoms with Crippen LogP contribution < -0.4 is 4.90 Å². The summed E-state index contributed by atoms with van der Waals surface area (Å²) in [5.41, 5.74) is 0. The molecule has 6 nitrogen and oxygen atoms in total. The van der Waals surface area contributed by atoms with Gasteiger partial charge in [0.25, 0.3) is 0 Å². The number of nitrogens with one attached hydrogen (secondary N) is 1. The van der Waals surface area contributed by atoms with E-state index in [9.17, 15) is 13.0 Å². The Morgan fingerprint density at radius 1 is 1.47 bits per heavy atom. The van der Waals surface area contributed by atoms with Crippen molar-refractivity contribution in [3.8, 4) is 0 Å². The van der Waals surface area contributed by atoms with Crippen LogP contribution in [0.15, 0.2) is 12.4 Å². The van der Waals surface area contributed by atoms with Crippen molar-refractivity contribution in [1.29, 1.82) is 0 Å². The average molecular weight is 263 g/mol. The van der Waals surface area contributed by atoms with E-state index in [1.807, 2.05) is 30.9 Å². The molecular weight excluding hydrogens is 244 g/mol. The summed E-state index contributed by atoms with van der Waals surface area (Å²) in [5, 5.41) is 0. The van der Waals surface area contributed by atoms with E-state index in [2.05, 4.69) is 0 Å². The molecule has 7 heteroatoms. The van der Waals surface area contributed by atoms with Crippen LogP contribution in [0.5, 0.6) is 0 Å². The molecule has 0 bridgehead atoms. The van der Waals surface area contributed by atoms with Crippen molar-refractivity contribution in [3.63, 3.8) is 0 Å². The number of amidine groups is 1. The van der Waals surface area contributed by atoms with Crippen molar-refractivity contribution in [1.82, 2.24) is 0 Å². The van der Waals surface area contributed by atoms with Crippen molar-refractivity contribution < 1.29 is 27.2 Å². The number of rotatable bonds is 7. The largest absolute Gasteiger partial charge is 0.748 e. The lowest BCUT2D eigenvalue weighted by molar-refractivity contribution is -0.759. The molecule has 1 N–H and O–H groups in total. The highest BCUT2D eigenvalue weighted by Gasteiger charge is 2.23. The first-order chi connectivity index (χ1) is 7.90. The molecule has 0 aromatic heterocycles. The maximum atomic E-state index is 10.3. The van der Waals surface area contributed by atoms with E-state index in [1.165, 1.54) is 10.7 Å². The van der Waals surface area contributed by atoms with Crippen LogP contribution in [0.1, 0.15) is 13.3 Å². The highest BCUT2D eigenvalue weighted by atomic mass is 32.2. The van der Waals surface area contributed by atoms with Crippen LogP contribution in [0.4, 0.5) is 0 Å². The highest BCUT2D eigenvalue weighted by Crippen LogP contribution is 1.89. The van der Waals surface area contributed by atoms with Crippen molar-refractivity contribution in [2.24, 2.45) is 0 Å². The quantitative estimate of drug-likeness (QED) is 0.340. The Balaban J connectivity index is 2.08. The Morgan fingerprint density at radius 3 is 2.71 bits per heavy atom. The van der Waals surface area contributed by atoms with Gasteiger partial charge in [0.2, 0.25) is 6.20 Å². The Bertz CT molecular complexity index is 414. The lowest BCUT2D eigenvalue weighted by Crippen LogP contribution is -3.10. The summed E-state index contributed by atoms with van der Waals surface area (Å²) in [5.74, 6) is 0.855. The minimum Gasteiger partial charge on any atom is -0.748 e. The Hall–Kier alpha value is -0.760. The van der Waals surface area contributed by atoms with Crippen LogP contribution in [0.2, 0.25) is 0 Å². The fraction of sp³-hybridized carbons (Fsp3) is 0.700. The molecule has 17 heavy (non-hydrogen) atoms. The molecule has 0 saturated heterocycles. The molecule has 0 saturated carbocycles. The first kappa shape index (κ1) is 14.3. The first-order valence-electron chi connectivity index (χ1n) is 5.52. The minimum absolute atomic E-state index is 0.263. The number of hydrogen-bond acceptors (Lipinski definition) is 4. The van der Waals surface area contributed by atoms with Crippen LogP contribution in [0.25, 0.3) is 0 Å². The summed E-state index contributed by atoms with van der Waals surface area (Å²) in [6, 6.07) is 0. The molecule has 0 aromatic carbocycles. The van der Waals surface area contributed by atoms with Gasteiger partial charge in [-0.3, -0.25) is 0 Å². The number of quaternary nitrogens is 1. The maximum Gasteiger partial charge on any atom is 0.343 e. The van der Waals surface area contributed by atoms with Crippen LogP contribution >= 0.6 is 0 Å². The molecule has 0 fully saturated rings. The molecule has 0 aliphatic carbocycles. The van der Waals surface area contributed by atoms with E-state index in [0.29, 0.717) is 13.2 Å². The van der Waals surface area contributed by atoms with Gasteiger partial charge in [0.05, 0.1) is 23.6 Å². The summed E-state index contributed by atoms with van der Waals surface area (Å²) in [6.45, 7) is 3.70. The fourth-order valence-electron chi connectivity index (χ4n) is 1.55. The lowest BCUT2D eigenvalue weighted by Gasteiger charge is -2.08. The smallest absolute Gasteiger partial charge is 0.343 e. The number of nitrogens with zero attached hydrogens (tertiary/aromatic N) is 1. The zero-order valence-corrected chi connectivity index (χ0v) is 11.0. The van der Waals surface area contributed by atoms with Gasteiger partial charge in [-0.25, -0.2) is 13.3 Å². The first-order valence-corrected chi connectivity index (χ1v) is 7.10. The van der Waals surface area contributed by atoms with Gasteiger partial charge >= 0.3 is 5.84 Å². The standard InChI is InChI=1S/C10H18N2O4S/c1-10-11(2)4-5-12(10)6-8-16-7-3-9-17(13,14)15/h4-5H,3,6-9H2,1-2H3/p+1. The van der Waals surface area contributed by atoms with Crippen LogP contribution in [-0.4, -0.2) is 55.9 Å². The SMILES string of the molecule is CC1=[N+](C)C=C[NH+]1CCOCCCS(=O)(=O)[O-]. The van der Waals surface area contributed by atoms with Crippen molar-refractivity contribution >= 4 is 16.0 Å². The summed E-state index contributed by atoms with van der Waals surface area (Å²) in [6.07, 6.45) is 4.30. The van der Waals surface area contributed by atoms with E-state index in [4.69, 9.17) is 4.74 Å². The van der Waals surface area contributed by atoms with Gasteiger partial charge in [0, 0.05) is 12.4 Å². The number of hydrogen-bond donors (Lipinski definition) is 1. The van der Waals surface area contributed by atoms with Crippen molar-refractivity contribution in [3.05, 3.63) is 12.4 Å². The Labute approximate surface area is 102 Å². The zero-order chi connectivity index (χ0) is 12.9. The summed E-state index contributed by atoms with van der Waals surface area (Å²) >= 11 is 0. The predicted molar refractivity (Wildman–Crippen MR) is 61.8 cm³/mol. The van der Waals surface area contributed by atoms with Gasteiger partial charge in [-0.15, -0.1) is 0 Å². The lowest BCUT2D eigenvalue weighted by atomic mass is 10.5. The van der Waals surface area contributed by atoms with Gasteiger partial charge in [0.15, 0.2) is 6.20 Å². The summed E-state index contributed by atoms with van der Waals surface area (Å²) < 4.78 is 38.3. The third-order valence-electron chi connectivity index (χ3n) is 2.69. The summed E-state index contributed by atoms with van der Waals surface area (Å²) in [7, 11) is -2.12. The molecule has 0 spiro atoms. The monoisotopic (exact) mass is 263 g/mol. The molecule has 0 amide bonds. The second-order valence-electron chi connectivity index (χ2n) is 4.02. The molecule has 0 aromatic rings. The second-order valence-corrected chi connectivity index (χ2v) is 5.54. The Kier molecular flexibility index (Phi) is 5.26. The molecule has 1 atom stereocenters. The zero-order valence-electron chi connectivity index (χ0n) is 10.2. The molecule has 1 unspecified atom stereocenters. The van der Waals surface area contributed by atoms with Crippen LogP contribution in [0.3, 0.4) is 0 Å². The van der Waals surface area contributed by atoms with E-state index in [0.717, 1.165) is 6.54 Å². The average Bonchev–Trinajstić information content (AvgIpc) is 2.53. The van der Waals surface area contributed by atoms with Crippen molar-refractivity contribution in [2.45, 2.75) is 13.3 Å². The highest BCUT2D eigenvalue weighted by molar-refractivity contribution is 7.85. The van der Waals surface area contributed by atoms with Gasteiger partial charge in [-0.2, -0.15) is 4.58 Å².